The second-order valence-corrected chi connectivity index (χ2v) is 2.71. The van der Waals surface area contributed by atoms with Crippen molar-refractivity contribution in [2.24, 2.45) is 0 Å². The minimum absolute atomic E-state index is 1.18. The number of rotatable bonds is 7. The van der Waals surface area contributed by atoms with Crippen molar-refractivity contribution >= 4 is 0 Å². The van der Waals surface area contributed by atoms with E-state index < -0.39 is 0 Å². The zero-order valence-corrected chi connectivity index (χ0v) is 7.32. The summed E-state index contributed by atoms with van der Waals surface area (Å²) >= 11 is 0. The molecule has 0 aliphatic rings. The molecule has 1 radical (unpaired) electrons. The first-order chi connectivity index (χ1) is 4.91. The Morgan fingerprint density at radius 1 is 1.10 bits per heavy atom. The number of hydrogen-bond acceptors (Lipinski definition) is 1. The summed E-state index contributed by atoms with van der Waals surface area (Å²) in [5.41, 5.74) is 0. The summed E-state index contributed by atoms with van der Waals surface area (Å²) in [5, 5.41) is 3.15. The van der Waals surface area contributed by atoms with Crippen molar-refractivity contribution in [3.63, 3.8) is 0 Å². The van der Waals surface area contributed by atoms with E-state index in [9.17, 15) is 0 Å². The highest BCUT2D eigenvalue weighted by molar-refractivity contribution is 4.55. The number of unbranched alkanes of at least 4 members (excludes halogenated alkanes) is 5. The van der Waals surface area contributed by atoms with Crippen molar-refractivity contribution in [1.29, 1.82) is 0 Å². The van der Waals surface area contributed by atoms with E-state index >= 15 is 0 Å². The second-order valence-electron chi connectivity index (χ2n) is 2.71. The summed E-state index contributed by atoms with van der Waals surface area (Å²) < 4.78 is 0. The van der Waals surface area contributed by atoms with E-state index in [0.717, 1.165) is 0 Å². The SMILES string of the molecule is C[CH]CCCCCCNC. The fourth-order valence-corrected chi connectivity index (χ4v) is 1.00. The van der Waals surface area contributed by atoms with E-state index in [2.05, 4.69) is 18.7 Å². The van der Waals surface area contributed by atoms with Crippen LogP contribution in [0.25, 0.3) is 0 Å². The van der Waals surface area contributed by atoms with Gasteiger partial charge in [0.2, 0.25) is 0 Å². The van der Waals surface area contributed by atoms with Crippen LogP contribution in [0, 0.1) is 6.42 Å². The molecule has 0 aromatic heterocycles. The molecule has 0 fully saturated rings. The normalized spacial score (nSPS) is 10.2. The average molecular weight is 142 g/mol. The molecule has 0 unspecified atom stereocenters. The van der Waals surface area contributed by atoms with Crippen LogP contribution in [0.5, 0.6) is 0 Å². The van der Waals surface area contributed by atoms with E-state index in [4.69, 9.17) is 0 Å². The molecule has 0 saturated heterocycles. The van der Waals surface area contributed by atoms with Crippen LogP contribution >= 0.6 is 0 Å². The zero-order chi connectivity index (χ0) is 7.66. The molecule has 0 aliphatic carbocycles. The quantitative estimate of drug-likeness (QED) is 0.538. The van der Waals surface area contributed by atoms with Gasteiger partial charge in [-0.3, -0.25) is 0 Å². The Kier molecular flexibility index (Phi) is 8.92. The molecule has 1 nitrogen and oxygen atoms in total. The van der Waals surface area contributed by atoms with Crippen LogP contribution in [0.2, 0.25) is 0 Å². The molecule has 0 aromatic rings. The molecule has 0 saturated carbocycles. The van der Waals surface area contributed by atoms with Crippen molar-refractivity contribution in [1.82, 2.24) is 5.32 Å². The molecule has 0 atom stereocenters. The minimum Gasteiger partial charge on any atom is -0.320 e. The van der Waals surface area contributed by atoms with Gasteiger partial charge in [0.15, 0.2) is 0 Å². The fraction of sp³-hybridized carbons (Fsp3) is 0.889. The van der Waals surface area contributed by atoms with Crippen LogP contribution in [0.1, 0.15) is 39.0 Å². The van der Waals surface area contributed by atoms with Crippen LogP contribution in [0.15, 0.2) is 0 Å². The van der Waals surface area contributed by atoms with Gasteiger partial charge in [0.1, 0.15) is 0 Å². The minimum atomic E-state index is 1.18. The van der Waals surface area contributed by atoms with Crippen molar-refractivity contribution in [3.05, 3.63) is 6.42 Å². The molecule has 0 bridgehead atoms. The molecular formula is C9H20N. The van der Waals surface area contributed by atoms with Gasteiger partial charge in [-0.15, -0.1) is 0 Å². The highest BCUT2D eigenvalue weighted by atomic mass is 14.8. The lowest BCUT2D eigenvalue weighted by atomic mass is 10.1. The van der Waals surface area contributed by atoms with Gasteiger partial charge in [0.25, 0.3) is 0 Å². The van der Waals surface area contributed by atoms with E-state index in [1.165, 1.54) is 38.6 Å². The lowest BCUT2D eigenvalue weighted by Crippen LogP contribution is -2.06. The smallest absolute Gasteiger partial charge is 0.00519 e. The molecule has 1 heteroatoms. The lowest BCUT2D eigenvalue weighted by molar-refractivity contribution is 0.614. The van der Waals surface area contributed by atoms with Crippen LogP contribution < -0.4 is 5.32 Å². The van der Waals surface area contributed by atoms with Crippen LogP contribution in [0.4, 0.5) is 0 Å². The van der Waals surface area contributed by atoms with Crippen molar-refractivity contribution in [3.8, 4) is 0 Å². The van der Waals surface area contributed by atoms with Gasteiger partial charge in [0, 0.05) is 0 Å². The Labute approximate surface area is 65.2 Å². The molecule has 0 rings (SSSR count). The Hall–Kier alpha value is -0.0400. The third-order valence-corrected chi connectivity index (χ3v) is 1.67. The first-order valence-electron chi connectivity index (χ1n) is 4.34. The van der Waals surface area contributed by atoms with Gasteiger partial charge in [-0.1, -0.05) is 32.6 Å². The maximum atomic E-state index is 3.15. The van der Waals surface area contributed by atoms with Crippen LogP contribution in [-0.2, 0) is 0 Å². The maximum Gasteiger partial charge on any atom is -0.00519 e. The summed E-state index contributed by atoms with van der Waals surface area (Å²) in [6.45, 7) is 3.31. The molecule has 0 spiro atoms. The standard InChI is InChI=1S/C9H20N/c1-3-4-5-6-7-8-9-10-2/h3,10H,4-9H2,1-2H3. The molecular weight excluding hydrogens is 122 g/mol. The van der Waals surface area contributed by atoms with Gasteiger partial charge in [0.05, 0.1) is 0 Å². The highest BCUT2D eigenvalue weighted by Crippen LogP contribution is 2.03. The Bertz CT molecular complexity index is 44.7. The highest BCUT2D eigenvalue weighted by Gasteiger charge is 1.87. The summed E-state index contributed by atoms with van der Waals surface area (Å²) in [4.78, 5) is 0. The van der Waals surface area contributed by atoms with Crippen molar-refractivity contribution in [2.75, 3.05) is 13.6 Å². The Morgan fingerprint density at radius 3 is 2.40 bits per heavy atom. The molecule has 0 aliphatic heterocycles. The molecule has 10 heavy (non-hydrogen) atoms. The van der Waals surface area contributed by atoms with E-state index in [1.807, 2.05) is 7.05 Å². The molecule has 0 heterocycles. The van der Waals surface area contributed by atoms with Gasteiger partial charge in [-0.2, -0.15) is 0 Å². The maximum absolute atomic E-state index is 3.15. The Balaban J connectivity index is 2.65. The monoisotopic (exact) mass is 142 g/mol. The van der Waals surface area contributed by atoms with E-state index in [-0.39, 0.29) is 0 Å². The van der Waals surface area contributed by atoms with Crippen molar-refractivity contribution in [2.45, 2.75) is 39.0 Å². The van der Waals surface area contributed by atoms with Crippen LogP contribution in [-0.4, -0.2) is 13.6 Å². The predicted octanol–water partition coefficient (Wildman–Crippen LogP) is 2.38. The fourth-order valence-electron chi connectivity index (χ4n) is 1.00. The van der Waals surface area contributed by atoms with E-state index in [1.54, 1.807) is 0 Å². The zero-order valence-electron chi connectivity index (χ0n) is 7.32. The molecule has 61 valence electrons. The second kappa shape index (κ2) is 8.96. The van der Waals surface area contributed by atoms with Crippen LogP contribution in [0.3, 0.4) is 0 Å². The van der Waals surface area contributed by atoms with Gasteiger partial charge < -0.3 is 5.32 Å². The first kappa shape index (κ1) is 9.96. The number of hydrogen-bond donors (Lipinski definition) is 1. The molecule has 0 aromatic carbocycles. The molecule has 0 amide bonds. The van der Waals surface area contributed by atoms with Gasteiger partial charge in [-0.25, -0.2) is 0 Å². The third kappa shape index (κ3) is 7.96. The lowest BCUT2D eigenvalue weighted by Gasteiger charge is -1.98. The largest absolute Gasteiger partial charge is 0.320 e. The summed E-state index contributed by atoms with van der Waals surface area (Å²) in [5.74, 6) is 0. The summed E-state index contributed by atoms with van der Waals surface area (Å²) in [7, 11) is 2.01. The van der Waals surface area contributed by atoms with Crippen molar-refractivity contribution < 1.29 is 0 Å². The average Bonchev–Trinajstić information content (AvgIpc) is 1.97. The van der Waals surface area contributed by atoms with Gasteiger partial charge in [-0.05, 0) is 26.4 Å². The summed E-state index contributed by atoms with van der Waals surface area (Å²) in [6, 6.07) is 0. The van der Waals surface area contributed by atoms with E-state index in [0.29, 0.717) is 0 Å². The predicted molar refractivity (Wildman–Crippen MR) is 47.0 cm³/mol. The van der Waals surface area contributed by atoms with Gasteiger partial charge >= 0.3 is 0 Å². The third-order valence-electron chi connectivity index (χ3n) is 1.67. The Morgan fingerprint density at radius 2 is 1.80 bits per heavy atom. The summed E-state index contributed by atoms with van der Waals surface area (Å²) in [6.07, 6.45) is 9.03. The first-order valence-corrected chi connectivity index (χ1v) is 4.34. The number of nitrogens with one attached hydrogen (secondary N) is 1. The molecule has 1 N–H and O–H groups in total. The topological polar surface area (TPSA) is 12.0 Å².